The van der Waals surface area contributed by atoms with Crippen LogP contribution in [0.3, 0.4) is 0 Å². The molecule has 1 aliphatic rings. The van der Waals surface area contributed by atoms with Gasteiger partial charge in [-0.3, -0.25) is 14.2 Å². The second-order valence-corrected chi connectivity index (χ2v) is 7.41. The van der Waals surface area contributed by atoms with Crippen LogP contribution in [0.5, 0.6) is 0 Å². The quantitative estimate of drug-likeness (QED) is 0.660. The van der Waals surface area contributed by atoms with Gasteiger partial charge in [0.15, 0.2) is 4.77 Å². The van der Waals surface area contributed by atoms with Crippen molar-refractivity contribution in [1.82, 2.24) is 19.8 Å². The molecular formula is C20H28N4O3S. The highest BCUT2D eigenvalue weighted by molar-refractivity contribution is 7.71. The summed E-state index contributed by atoms with van der Waals surface area (Å²) < 4.78 is 7.49. The van der Waals surface area contributed by atoms with Crippen LogP contribution >= 0.6 is 12.2 Å². The van der Waals surface area contributed by atoms with E-state index in [4.69, 9.17) is 17.0 Å². The Hall–Kier alpha value is -2.03. The lowest BCUT2D eigenvalue weighted by molar-refractivity contribution is 0.0858. The lowest BCUT2D eigenvalue weighted by atomic mass is 10.1. The molecule has 1 amide bonds. The molecule has 2 aromatic rings. The molecule has 2 N–H and O–H groups in total. The Morgan fingerprint density at radius 1 is 1.39 bits per heavy atom. The van der Waals surface area contributed by atoms with Crippen molar-refractivity contribution in [2.75, 3.05) is 32.8 Å². The maximum atomic E-state index is 12.9. The topological polar surface area (TPSA) is 79.4 Å². The fraction of sp³-hybridized carbons (Fsp3) is 0.550. The number of amides is 1. The van der Waals surface area contributed by atoms with Gasteiger partial charge >= 0.3 is 0 Å². The van der Waals surface area contributed by atoms with Gasteiger partial charge in [-0.1, -0.05) is 13.8 Å². The Morgan fingerprint density at radius 2 is 2.18 bits per heavy atom. The highest BCUT2D eigenvalue weighted by atomic mass is 32.1. The number of H-pyrrole nitrogens is 1. The van der Waals surface area contributed by atoms with Crippen molar-refractivity contribution in [2.45, 2.75) is 39.3 Å². The van der Waals surface area contributed by atoms with Gasteiger partial charge in [-0.2, -0.15) is 0 Å². The Morgan fingerprint density at radius 3 is 2.86 bits per heavy atom. The maximum Gasteiger partial charge on any atom is 0.262 e. The first-order chi connectivity index (χ1) is 13.5. The third kappa shape index (κ3) is 4.68. The number of carbonyl (C=O) groups excluding carboxylic acids is 1. The van der Waals surface area contributed by atoms with Crippen LogP contribution in [-0.4, -0.2) is 59.2 Å². The number of hydrogen-bond donors (Lipinski definition) is 2. The first-order valence-corrected chi connectivity index (χ1v) is 10.3. The lowest BCUT2D eigenvalue weighted by Gasteiger charge is -2.18. The Labute approximate surface area is 169 Å². The largest absolute Gasteiger partial charge is 0.376 e. The van der Waals surface area contributed by atoms with Crippen molar-refractivity contribution >= 4 is 29.0 Å². The normalized spacial score (nSPS) is 16.8. The van der Waals surface area contributed by atoms with Gasteiger partial charge in [-0.05, 0) is 56.3 Å². The monoisotopic (exact) mass is 404 g/mol. The molecule has 2 heterocycles. The zero-order valence-electron chi connectivity index (χ0n) is 16.5. The average Bonchev–Trinajstić information content (AvgIpc) is 3.22. The molecule has 1 saturated heterocycles. The summed E-state index contributed by atoms with van der Waals surface area (Å²) in [4.78, 5) is 30.6. The summed E-state index contributed by atoms with van der Waals surface area (Å²) in [6.45, 7) is 8.61. The van der Waals surface area contributed by atoms with E-state index in [0.717, 1.165) is 39.1 Å². The molecule has 1 atom stereocenters. The minimum atomic E-state index is -0.178. The fourth-order valence-electron chi connectivity index (χ4n) is 3.49. The molecule has 1 aliphatic heterocycles. The minimum absolute atomic E-state index is 0.0909. The van der Waals surface area contributed by atoms with Gasteiger partial charge in [0.2, 0.25) is 0 Å². The van der Waals surface area contributed by atoms with E-state index in [1.807, 2.05) is 0 Å². The lowest BCUT2D eigenvalue weighted by Crippen LogP contribution is -2.32. The summed E-state index contributed by atoms with van der Waals surface area (Å²) in [5, 5.41) is 3.43. The molecule has 1 fully saturated rings. The number of aromatic amines is 1. The van der Waals surface area contributed by atoms with E-state index in [-0.39, 0.29) is 17.6 Å². The number of fused-ring (bicyclic) bond motifs is 1. The van der Waals surface area contributed by atoms with Gasteiger partial charge in [0.25, 0.3) is 11.5 Å². The predicted molar refractivity (Wildman–Crippen MR) is 112 cm³/mol. The molecule has 8 heteroatoms. The third-order valence-corrected chi connectivity index (χ3v) is 5.62. The number of nitrogens with one attached hydrogen (secondary N) is 2. The molecule has 1 unspecified atom stereocenters. The van der Waals surface area contributed by atoms with Gasteiger partial charge < -0.3 is 19.9 Å². The molecule has 0 saturated carbocycles. The number of hydrogen-bond acceptors (Lipinski definition) is 5. The number of nitrogens with zero attached hydrogens (tertiary/aromatic N) is 2. The molecule has 3 rings (SSSR count). The van der Waals surface area contributed by atoms with Crippen LogP contribution in [0.2, 0.25) is 0 Å². The van der Waals surface area contributed by atoms with Crippen LogP contribution in [-0.2, 0) is 11.3 Å². The van der Waals surface area contributed by atoms with E-state index < -0.39 is 0 Å². The summed E-state index contributed by atoms with van der Waals surface area (Å²) in [5.41, 5.74) is 0.951. The first kappa shape index (κ1) is 20.7. The van der Waals surface area contributed by atoms with Crippen molar-refractivity contribution in [3.8, 4) is 0 Å². The summed E-state index contributed by atoms with van der Waals surface area (Å²) in [6, 6.07) is 5.06. The van der Waals surface area contributed by atoms with Crippen molar-refractivity contribution in [3.05, 3.63) is 38.9 Å². The second-order valence-electron chi connectivity index (χ2n) is 7.02. The highest BCUT2D eigenvalue weighted by Crippen LogP contribution is 2.13. The van der Waals surface area contributed by atoms with Crippen molar-refractivity contribution in [3.63, 3.8) is 0 Å². The van der Waals surface area contributed by atoms with Crippen LogP contribution in [0.1, 0.15) is 37.0 Å². The Balaban J connectivity index is 1.78. The van der Waals surface area contributed by atoms with E-state index in [0.29, 0.717) is 34.3 Å². The van der Waals surface area contributed by atoms with Crippen molar-refractivity contribution in [2.24, 2.45) is 0 Å². The van der Waals surface area contributed by atoms with Gasteiger partial charge in [-0.25, -0.2) is 0 Å². The van der Waals surface area contributed by atoms with E-state index in [9.17, 15) is 9.59 Å². The van der Waals surface area contributed by atoms with E-state index in [1.54, 1.807) is 22.8 Å². The molecule has 152 valence electrons. The fourth-order valence-corrected chi connectivity index (χ4v) is 3.78. The number of benzene rings is 1. The molecule has 28 heavy (non-hydrogen) atoms. The third-order valence-electron chi connectivity index (χ3n) is 5.29. The smallest absolute Gasteiger partial charge is 0.262 e. The van der Waals surface area contributed by atoms with Crippen LogP contribution < -0.4 is 10.9 Å². The van der Waals surface area contributed by atoms with Gasteiger partial charge in [-0.15, -0.1) is 0 Å². The van der Waals surface area contributed by atoms with Crippen LogP contribution in [0, 0.1) is 4.77 Å². The molecule has 1 aromatic carbocycles. The summed E-state index contributed by atoms with van der Waals surface area (Å²) in [7, 11) is 0. The summed E-state index contributed by atoms with van der Waals surface area (Å²) in [6.07, 6.45) is 2.10. The van der Waals surface area contributed by atoms with Gasteiger partial charge in [0.1, 0.15) is 0 Å². The zero-order chi connectivity index (χ0) is 20.1. The average molecular weight is 405 g/mol. The summed E-state index contributed by atoms with van der Waals surface area (Å²) >= 11 is 5.40. The molecule has 0 bridgehead atoms. The maximum absolute atomic E-state index is 12.9. The Kier molecular flexibility index (Phi) is 6.98. The Bertz CT molecular complexity index is 943. The first-order valence-electron chi connectivity index (χ1n) is 9.92. The minimum Gasteiger partial charge on any atom is -0.376 e. The summed E-state index contributed by atoms with van der Waals surface area (Å²) in [5.74, 6) is -0.178. The second kappa shape index (κ2) is 9.45. The molecule has 1 aromatic heterocycles. The number of carbonyl (C=O) groups is 1. The number of rotatable bonds is 8. The van der Waals surface area contributed by atoms with E-state index in [1.165, 1.54) is 0 Å². The highest BCUT2D eigenvalue weighted by Gasteiger charge is 2.17. The molecule has 7 nitrogen and oxygen atoms in total. The predicted octanol–water partition coefficient (Wildman–Crippen LogP) is 2.31. The SMILES string of the molecule is CCN(CC)CCn1c(=S)[nH]c2cc(C(=O)NCC3CCCO3)ccc2c1=O. The molecule has 0 spiro atoms. The van der Waals surface area contributed by atoms with Crippen molar-refractivity contribution in [1.29, 1.82) is 0 Å². The molecular weight excluding hydrogens is 376 g/mol. The number of ether oxygens (including phenoxy) is 1. The molecule has 0 aliphatic carbocycles. The zero-order valence-corrected chi connectivity index (χ0v) is 17.3. The van der Waals surface area contributed by atoms with Gasteiger partial charge in [0, 0.05) is 31.8 Å². The number of aromatic nitrogens is 2. The number of likely N-dealkylation sites (N-methyl/N-ethyl adjacent to an activating group) is 1. The van der Waals surface area contributed by atoms with Crippen molar-refractivity contribution < 1.29 is 9.53 Å². The van der Waals surface area contributed by atoms with Crippen LogP contribution in [0.25, 0.3) is 10.9 Å². The molecule has 0 radical (unpaired) electrons. The van der Waals surface area contributed by atoms with E-state index in [2.05, 4.69) is 29.0 Å². The van der Waals surface area contributed by atoms with E-state index >= 15 is 0 Å². The van der Waals surface area contributed by atoms with Crippen LogP contribution in [0.15, 0.2) is 23.0 Å². The van der Waals surface area contributed by atoms with Crippen LogP contribution in [0.4, 0.5) is 0 Å². The van der Waals surface area contributed by atoms with Gasteiger partial charge in [0.05, 0.1) is 17.0 Å². The standard InChI is InChI=1S/C20H28N4O3S/c1-3-23(4-2)9-10-24-19(26)16-8-7-14(12-17(16)22-20(24)28)18(25)21-13-15-6-5-11-27-15/h7-8,12,15H,3-6,9-11,13H2,1-2H3,(H,21,25)(H,22,28).